The third-order valence-corrected chi connectivity index (χ3v) is 0.824. The van der Waals surface area contributed by atoms with Crippen LogP contribution in [0, 0.1) is 35.4 Å². The third-order valence-electron chi connectivity index (χ3n) is 0.824. The molecule has 0 aliphatic rings. The van der Waals surface area contributed by atoms with Crippen molar-refractivity contribution in [1.82, 2.24) is 0 Å². The Balaban J connectivity index is 0. The average molecular weight is 162 g/mol. The molecule has 0 saturated heterocycles. The van der Waals surface area contributed by atoms with E-state index in [0.717, 1.165) is 0 Å². The Labute approximate surface area is 90.7 Å². The standard InChI is InChI=1S/C6F4.2Li/c7-3-1-4(8)6(10)2-5(3)9;;/q-2;2*+1. The van der Waals surface area contributed by atoms with Gasteiger partial charge in [-0.3, -0.25) is 0 Å². The maximum atomic E-state index is 11.9. The van der Waals surface area contributed by atoms with E-state index >= 15 is 0 Å². The minimum Gasteiger partial charge on any atom is -0.310 e. The molecule has 0 aliphatic carbocycles. The first kappa shape index (κ1) is 14.6. The Morgan fingerprint density at radius 3 is 0.917 bits per heavy atom. The van der Waals surface area contributed by atoms with Gasteiger partial charge < -0.3 is 17.6 Å². The van der Waals surface area contributed by atoms with Gasteiger partial charge in [-0.2, -0.15) is 0 Å². The Hall–Kier alpha value is 0.135. The molecule has 0 bridgehead atoms. The molecule has 0 spiro atoms. The van der Waals surface area contributed by atoms with Gasteiger partial charge in [-0.05, 0) is 0 Å². The molecule has 12 heavy (non-hydrogen) atoms. The summed E-state index contributed by atoms with van der Waals surface area (Å²) in [5.74, 6) is -6.28. The van der Waals surface area contributed by atoms with Crippen molar-refractivity contribution in [3.8, 4) is 0 Å². The van der Waals surface area contributed by atoms with Crippen LogP contribution >= 0.6 is 0 Å². The van der Waals surface area contributed by atoms with Crippen LogP contribution in [0.5, 0.6) is 0 Å². The first-order valence-corrected chi connectivity index (χ1v) is 2.26. The SMILES string of the molecule is Fc1[c-]c(F)c(F)[c-]c1F.[Li+].[Li+]. The quantitative estimate of drug-likeness (QED) is 0.157. The molecule has 1 aromatic carbocycles. The largest absolute Gasteiger partial charge is 1.00 e. The Bertz CT molecular complexity index is 214. The van der Waals surface area contributed by atoms with E-state index in [0.29, 0.717) is 0 Å². The molecule has 6 heteroatoms. The fourth-order valence-electron chi connectivity index (χ4n) is 0.412. The van der Waals surface area contributed by atoms with Crippen LogP contribution in [0.3, 0.4) is 0 Å². The van der Waals surface area contributed by atoms with Gasteiger partial charge in [0.25, 0.3) is 0 Å². The minimum atomic E-state index is -1.57. The van der Waals surface area contributed by atoms with E-state index in [2.05, 4.69) is 0 Å². The molecule has 0 radical (unpaired) electrons. The molecule has 1 aromatic rings. The van der Waals surface area contributed by atoms with Crippen molar-refractivity contribution in [2.75, 3.05) is 0 Å². The molecule has 0 amide bonds. The van der Waals surface area contributed by atoms with Gasteiger partial charge in [0.1, 0.15) is 0 Å². The smallest absolute Gasteiger partial charge is 0.310 e. The van der Waals surface area contributed by atoms with Crippen molar-refractivity contribution in [2.45, 2.75) is 0 Å². The van der Waals surface area contributed by atoms with Gasteiger partial charge >= 0.3 is 37.7 Å². The zero-order chi connectivity index (χ0) is 7.72. The summed E-state index contributed by atoms with van der Waals surface area (Å²) in [5.41, 5.74) is 0. The van der Waals surface area contributed by atoms with Gasteiger partial charge in [-0.1, -0.05) is 23.3 Å². The summed E-state index contributed by atoms with van der Waals surface area (Å²) in [7, 11) is 0. The number of hydrogen-bond acceptors (Lipinski definition) is 0. The van der Waals surface area contributed by atoms with E-state index in [1.54, 1.807) is 0 Å². The number of halogens is 4. The monoisotopic (exact) mass is 162 g/mol. The minimum absolute atomic E-state index is 0. The second-order valence-corrected chi connectivity index (χ2v) is 1.51. The molecule has 0 unspecified atom stereocenters. The van der Waals surface area contributed by atoms with Crippen molar-refractivity contribution in [1.29, 1.82) is 0 Å². The van der Waals surface area contributed by atoms with E-state index in [4.69, 9.17) is 0 Å². The predicted octanol–water partition coefficient (Wildman–Crippen LogP) is -4.15. The molecular weight excluding hydrogens is 162 g/mol. The second-order valence-electron chi connectivity index (χ2n) is 1.51. The zero-order valence-electron chi connectivity index (χ0n) is 6.51. The van der Waals surface area contributed by atoms with E-state index in [-0.39, 0.29) is 37.7 Å². The Morgan fingerprint density at radius 1 is 0.583 bits per heavy atom. The second kappa shape index (κ2) is 5.72. The van der Waals surface area contributed by atoms with E-state index in [9.17, 15) is 17.6 Å². The summed E-state index contributed by atoms with van der Waals surface area (Å²) in [5, 5.41) is 0. The normalized spacial score (nSPS) is 8.33. The number of hydrogen-bond donors (Lipinski definition) is 0. The summed E-state index contributed by atoms with van der Waals surface area (Å²) in [6.45, 7) is 0. The maximum Gasteiger partial charge on any atom is 1.00 e. The van der Waals surface area contributed by atoms with Crippen molar-refractivity contribution in [2.24, 2.45) is 0 Å². The first-order chi connectivity index (χ1) is 4.61. The van der Waals surface area contributed by atoms with Crippen LogP contribution in [0.4, 0.5) is 17.6 Å². The summed E-state index contributed by atoms with van der Waals surface area (Å²) in [4.78, 5) is 0. The third kappa shape index (κ3) is 3.25. The van der Waals surface area contributed by atoms with Crippen LogP contribution in [-0.4, -0.2) is 0 Å². The topological polar surface area (TPSA) is 0 Å². The number of benzene rings is 1. The fraction of sp³-hybridized carbons (Fsp3) is 0. The average Bonchev–Trinajstić information content (AvgIpc) is 1.84. The molecule has 1 rings (SSSR count). The Morgan fingerprint density at radius 2 is 0.750 bits per heavy atom. The predicted molar refractivity (Wildman–Crippen MR) is 23.9 cm³/mol. The Kier molecular flexibility index (Phi) is 6.99. The van der Waals surface area contributed by atoms with Crippen molar-refractivity contribution >= 4 is 0 Å². The van der Waals surface area contributed by atoms with E-state index in [1.807, 2.05) is 0 Å². The molecular formula is C6F4Li2. The van der Waals surface area contributed by atoms with E-state index in [1.165, 1.54) is 12.1 Å². The molecule has 0 saturated carbocycles. The number of rotatable bonds is 0. The van der Waals surface area contributed by atoms with Gasteiger partial charge in [-0.15, -0.1) is 0 Å². The van der Waals surface area contributed by atoms with E-state index < -0.39 is 23.3 Å². The van der Waals surface area contributed by atoms with Crippen LogP contribution in [0.2, 0.25) is 0 Å². The van der Waals surface area contributed by atoms with Gasteiger partial charge in [0, 0.05) is 0 Å². The van der Waals surface area contributed by atoms with Gasteiger partial charge in [0.2, 0.25) is 0 Å². The molecule has 0 fully saturated rings. The van der Waals surface area contributed by atoms with Crippen LogP contribution in [0.15, 0.2) is 0 Å². The molecule has 0 N–H and O–H groups in total. The van der Waals surface area contributed by atoms with Crippen LogP contribution in [-0.2, 0) is 0 Å². The van der Waals surface area contributed by atoms with Crippen molar-refractivity contribution < 1.29 is 55.3 Å². The molecule has 0 aromatic heterocycles. The zero-order valence-corrected chi connectivity index (χ0v) is 6.51. The molecule has 0 atom stereocenters. The summed E-state index contributed by atoms with van der Waals surface area (Å²) in [6.07, 6.45) is 0. The van der Waals surface area contributed by atoms with Gasteiger partial charge in [0.15, 0.2) is 0 Å². The maximum absolute atomic E-state index is 11.9. The first-order valence-electron chi connectivity index (χ1n) is 2.26. The van der Waals surface area contributed by atoms with Crippen LogP contribution in [0.1, 0.15) is 0 Å². The molecule has 54 valence electrons. The molecule has 0 aliphatic heterocycles. The molecule has 0 nitrogen and oxygen atoms in total. The van der Waals surface area contributed by atoms with Crippen molar-refractivity contribution in [3.63, 3.8) is 0 Å². The summed E-state index contributed by atoms with van der Waals surface area (Å²) >= 11 is 0. The van der Waals surface area contributed by atoms with Gasteiger partial charge in [0.05, 0.1) is 0 Å². The summed E-state index contributed by atoms with van der Waals surface area (Å²) < 4.78 is 47.6. The van der Waals surface area contributed by atoms with Gasteiger partial charge in [-0.25, -0.2) is 12.1 Å². The fourth-order valence-corrected chi connectivity index (χ4v) is 0.412. The van der Waals surface area contributed by atoms with Crippen molar-refractivity contribution in [3.05, 3.63) is 35.4 Å². The van der Waals surface area contributed by atoms with Crippen LogP contribution < -0.4 is 37.7 Å². The summed E-state index contributed by atoms with van der Waals surface area (Å²) in [6, 6.07) is 2.38. The molecule has 0 heterocycles. The van der Waals surface area contributed by atoms with Crippen LogP contribution in [0.25, 0.3) is 0 Å².